The van der Waals surface area contributed by atoms with Crippen molar-refractivity contribution in [2.75, 3.05) is 4.90 Å². The van der Waals surface area contributed by atoms with Crippen LogP contribution in [-0.2, 0) is 13.1 Å². The highest BCUT2D eigenvalue weighted by molar-refractivity contribution is 6.99. The van der Waals surface area contributed by atoms with Crippen LogP contribution in [0, 0.1) is 0 Å². The lowest BCUT2D eigenvalue weighted by molar-refractivity contribution is 0.789. The second kappa shape index (κ2) is 6.70. The Morgan fingerprint density at radius 1 is 0.810 bits per heavy atom. The maximum atomic E-state index is 6.16. The molecule has 0 N–H and O–H groups in total. The molecule has 0 amide bonds. The van der Waals surface area contributed by atoms with E-state index in [4.69, 9.17) is 11.6 Å². The van der Waals surface area contributed by atoms with Gasteiger partial charge < -0.3 is 4.90 Å². The third-order valence-corrected chi connectivity index (χ3v) is 4.04. The molecule has 0 aliphatic heterocycles. The maximum absolute atomic E-state index is 6.16. The molecule has 21 heavy (non-hydrogen) atoms. The van der Waals surface area contributed by atoms with E-state index in [-0.39, 0.29) is 0 Å². The summed E-state index contributed by atoms with van der Waals surface area (Å²) in [4.78, 5) is 2.15. The number of halogens is 1. The Kier molecular flexibility index (Phi) is 4.48. The predicted molar refractivity (Wildman–Crippen MR) is 87.7 cm³/mol. The Labute approximate surface area is 133 Å². The van der Waals surface area contributed by atoms with Crippen molar-refractivity contribution in [3.8, 4) is 0 Å². The summed E-state index contributed by atoms with van der Waals surface area (Å²) >= 11 is 7.30. The van der Waals surface area contributed by atoms with Gasteiger partial charge in [-0.15, -0.1) is 0 Å². The van der Waals surface area contributed by atoms with E-state index < -0.39 is 0 Å². The zero-order chi connectivity index (χ0) is 14.5. The van der Waals surface area contributed by atoms with Crippen molar-refractivity contribution in [2.45, 2.75) is 13.1 Å². The minimum Gasteiger partial charge on any atom is -0.345 e. The van der Waals surface area contributed by atoms with Crippen LogP contribution in [0.1, 0.15) is 11.1 Å². The molecule has 2 aromatic carbocycles. The van der Waals surface area contributed by atoms with Gasteiger partial charge in [-0.1, -0.05) is 72.3 Å². The summed E-state index contributed by atoms with van der Waals surface area (Å²) in [5.74, 6) is 0.745. The van der Waals surface area contributed by atoms with Gasteiger partial charge in [-0.05, 0) is 11.1 Å². The molecule has 0 spiro atoms. The highest BCUT2D eigenvalue weighted by Crippen LogP contribution is 2.26. The molecule has 3 nitrogen and oxygen atoms in total. The summed E-state index contributed by atoms with van der Waals surface area (Å²) in [5.41, 5.74) is 2.44. The zero-order valence-corrected chi connectivity index (χ0v) is 12.9. The molecular weight excluding hydrogens is 302 g/mol. The first-order valence-electron chi connectivity index (χ1n) is 6.64. The summed E-state index contributed by atoms with van der Waals surface area (Å²) in [6.45, 7) is 1.50. The second-order valence-corrected chi connectivity index (χ2v) is 5.59. The van der Waals surface area contributed by atoms with E-state index in [1.165, 1.54) is 11.1 Å². The quantitative estimate of drug-likeness (QED) is 0.699. The van der Waals surface area contributed by atoms with E-state index in [1.54, 1.807) is 0 Å². The molecule has 0 aliphatic rings. The summed E-state index contributed by atoms with van der Waals surface area (Å²) in [6, 6.07) is 20.6. The van der Waals surface area contributed by atoms with E-state index in [0.29, 0.717) is 5.15 Å². The Bertz CT molecular complexity index is 644. The van der Waals surface area contributed by atoms with Gasteiger partial charge in [-0.3, -0.25) is 0 Å². The van der Waals surface area contributed by atoms with Crippen LogP contribution in [0.4, 0.5) is 5.82 Å². The maximum Gasteiger partial charge on any atom is 0.187 e. The van der Waals surface area contributed by atoms with Crippen molar-refractivity contribution in [3.05, 3.63) is 76.9 Å². The Balaban J connectivity index is 1.86. The zero-order valence-electron chi connectivity index (χ0n) is 11.3. The van der Waals surface area contributed by atoms with Gasteiger partial charge in [0.25, 0.3) is 0 Å². The van der Waals surface area contributed by atoms with Crippen molar-refractivity contribution in [1.29, 1.82) is 0 Å². The minimum atomic E-state index is 0.465. The van der Waals surface area contributed by atoms with Crippen molar-refractivity contribution >= 4 is 29.1 Å². The monoisotopic (exact) mass is 315 g/mol. The van der Waals surface area contributed by atoms with Gasteiger partial charge in [0.05, 0.1) is 11.7 Å². The van der Waals surface area contributed by atoms with Crippen LogP contribution in [0.3, 0.4) is 0 Å². The molecule has 0 saturated heterocycles. The minimum absolute atomic E-state index is 0.465. The smallest absolute Gasteiger partial charge is 0.187 e. The van der Waals surface area contributed by atoms with E-state index in [1.807, 2.05) is 36.4 Å². The first-order chi connectivity index (χ1) is 10.3. The van der Waals surface area contributed by atoms with Crippen molar-refractivity contribution < 1.29 is 0 Å². The van der Waals surface area contributed by atoms with Crippen LogP contribution >= 0.6 is 23.3 Å². The van der Waals surface area contributed by atoms with E-state index in [9.17, 15) is 0 Å². The average molecular weight is 316 g/mol. The number of aromatic nitrogens is 2. The Morgan fingerprint density at radius 2 is 1.33 bits per heavy atom. The molecule has 1 aromatic heterocycles. The van der Waals surface area contributed by atoms with E-state index in [0.717, 1.165) is 30.6 Å². The Morgan fingerprint density at radius 3 is 1.76 bits per heavy atom. The number of hydrogen-bond acceptors (Lipinski definition) is 4. The molecule has 0 saturated carbocycles. The van der Waals surface area contributed by atoms with Gasteiger partial charge in [0, 0.05) is 13.1 Å². The van der Waals surface area contributed by atoms with Gasteiger partial charge in [0.15, 0.2) is 11.0 Å². The Hall–Kier alpha value is -1.91. The number of rotatable bonds is 5. The van der Waals surface area contributed by atoms with Gasteiger partial charge in [-0.25, -0.2) is 0 Å². The van der Waals surface area contributed by atoms with Crippen molar-refractivity contribution in [1.82, 2.24) is 8.75 Å². The molecule has 0 aliphatic carbocycles. The lowest BCUT2D eigenvalue weighted by Gasteiger charge is -2.22. The molecule has 1 heterocycles. The average Bonchev–Trinajstić information content (AvgIpc) is 2.95. The van der Waals surface area contributed by atoms with Crippen LogP contribution in [-0.4, -0.2) is 8.75 Å². The molecule has 0 unspecified atom stereocenters. The summed E-state index contributed by atoms with van der Waals surface area (Å²) in [5, 5.41) is 0.465. The highest BCUT2D eigenvalue weighted by Gasteiger charge is 2.15. The highest BCUT2D eigenvalue weighted by atomic mass is 35.5. The van der Waals surface area contributed by atoms with Gasteiger partial charge in [0.2, 0.25) is 0 Å². The van der Waals surface area contributed by atoms with Gasteiger partial charge in [-0.2, -0.15) is 8.75 Å². The van der Waals surface area contributed by atoms with Crippen LogP contribution in [0.25, 0.3) is 0 Å². The standard InChI is InChI=1S/C16H14ClN3S/c17-15-16(19-21-18-15)20(11-13-7-3-1-4-8-13)12-14-9-5-2-6-10-14/h1-10H,11-12H2. The number of anilines is 1. The lowest BCUT2D eigenvalue weighted by atomic mass is 10.1. The summed E-state index contributed by atoms with van der Waals surface area (Å²) in [6.07, 6.45) is 0. The molecule has 3 rings (SSSR count). The number of hydrogen-bond donors (Lipinski definition) is 0. The van der Waals surface area contributed by atoms with Crippen molar-refractivity contribution in [3.63, 3.8) is 0 Å². The summed E-state index contributed by atoms with van der Waals surface area (Å²) < 4.78 is 8.41. The molecule has 106 valence electrons. The third-order valence-electron chi connectivity index (χ3n) is 3.16. The summed E-state index contributed by atoms with van der Waals surface area (Å²) in [7, 11) is 0. The first-order valence-corrected chi connectivity index (χ1v) is 7.74. The molecule has 5 heteroatoms. The first kappa shape index (κ1) is 14.0. The van der Waals surface area contributed by atoms with Crippen LogP contribution < -0.4 is 4.90 Å². The largest absolute Gasteiger partial charge is 0.345 e. The fourth-order valence-corrected chi connectivity index (χ4v) is 2.95. The van der Waals surface area contributed by atoms with Crippen LogP contribution in [0.15, 0.2) is 60.7 Å². The van der Waals surface area contributed by atoms with Gasteiger partial charge >= 0.3 is 0 Å². The lowest BCUT2D eigenvalue weighted by Crippen LogP contribution is -2.22. The van der Waals surface area contributed by atoms with Gasteiger partial charge in [0.1, 0.15) is 0 Å². The fraction of sp³-hybridized carbons (Fsp3) is 0.125. The predicted octanol–water partition coefficient (Wildman–Crippen LogP) is 4.40. The fourth-order valence-electron chi connectivity index (χ4n) is 2.17. The number of nitrogens with zero attached hydrogens (tertiary/aromatic N) is 3. The second-order valence-electron chi connectivity index (χ2n) is 4.71. The van der Waals surface area contributed by atoms with E-state index in [2.05, 4.69) is 37.9 Å². The van der Waals surface area contributed by atoms with Crippen LogP contribution in [0.5, 0.6) is 0 Å². The topological polar surface area (TPSA) is 29.0 Å². The normalized spacial score (nSPS) is 10.5. The molecule has 0 atom stereocenters. The van der Waals surface area contributed by atoms with E-state index >= 15 is 0 Å². The molecule has 3 aromatic rings. The SMILES string of the molecule is Clc1nsnc1N(Cc1ccccc1)Cc1ccccc1. The third kappa shape index (κ3) is 3.60. The number of benzene rings is 2. The molecule has 0 radical (unpaired) electrons. The van der Waals surface area contributed by atoms with Crippen LogP contribution in [0.2, 0.25) is 5.15 Å². The van der Waals surface area contributed by atoms with Crippen molar-refractivity contribution in [2.24, 2.45) is 0 Å². The molecule has 0 bridgehead atoms. The molecule has 0 fully saturated rings. The molecular formula is C16H14ClN3S.